The standard InChI is InChI=1S/C26H24N4O3/c1-32-23-13-11-19(16-24(23)33-2)26-20(18-30(29-26)22-9-4-3-5-10-22)12-14-25(31)28-17-21-8-6-7-15-27-21/h3-16,18H,17H2,1-2H3,(H,28,31)/b14-12+. The molecular formula is C26H24N4O3. The van der Waals surface area contributed by atoms with Crippen LogP contribution in [0, 0.1) is 0 Å². The summed E-state index contributed by atoms with van der Waals surface area (Å²) in [5.41, 5.74) is 4.06. The number of pyridine rings is 1. The van der Waals surface area contributed by atoms with Crippen molar-refractivity contribution >= 4 is 12.0 Å². The first-order valence-electron chi connectivity index (χ1n) is 10.4. The molecule has 0 aliphatic rings. The minimum absolute atomic E-state index is 0.216. The lowest BCUT2D eigenvalue weighted by Crippen LogP contribution is -2.20. The van der Waals surface area contributed by atoms with E-state index in [4.69, 9.17) is 14.6 Å². The second-order valence-electron chi connectivity index (χ2n) is 7.16. The third-order valence-electron chi connectivity index (χ3n) is 5.00. The van der Waals surface area contributed by atoms with Crippen LogP contribution in [0.4, 0.5) is 0 Å². The van der Waals surface area contributed by atoms with Crippen LogP contribution >= 0.6 is 0 Å². The molecule has 7 heteroatoms. The highest BCUT2D eigenvalue weighted by Crippen LogP contribution is 2.33. The van der Waals surface area contributed by atoms with Gasteiger partial charge in [-0.1, -0.05) is 24.3 Å². The van der Waals surface area contributed by atoms with E-state index >= 15 is 0 Å². The summed E-state index contributed by atoms with van der Waals surface area (Å²) in [6, 6.07) is 21.0. The first kappa shape index (κ1) is 21.8. The van der Waals surface area contributed by atoms with Gasteiger partial charge in [0.25, 0.3) is 0 Å². The van der Waals surface area contributed by atoms with Crippen LogP contribution in [0.25, 0.3) is 23.0 Å². The Balaban J connectivity index is 1.64. The molecule has 1 N–H and O–H groups in total. The minimum Gasteiger partial charge on any atom is -0.493 e. The van der Waals surface area contributed by atoms with Gasteiger partial charge in [0, 0.05) is 29.6 Å². The molecule has 7 nitrogen and oxygen atoms in total. The van der Waals surface area contributed by atoms with Crippen molar-refractivity contribution < 1.29 is 14.3 Å². The summed E-state index contributed by atoms with van der Waals surface area (Å²) in [6.45, 7) is 0.357. The van der Waals surface area contributed by atoms with Crippen molar-refractivity contribution in [2.24, 2.45) is 0 Å². The number of methoxy groups -OCH3 is 2. The summed E-state index contributed by atoms with van der Waals surface area (Å²) in [6.07, 6.45) is 6.85. The van der Waals surface area contributed by atoms with Crippen LogP contribution < -0.4 is 14.8 Å². The number of nitrogens with one attached hydrogen (secondary N) is 1. The van der Waals surface area contributed by atoms with Gasteiger partial charge in [-0.05, 0) is 48.5 Å². The molecule has 0 saturated carbocycles. The van der Waals surface area contributed by atoms with Gasteiger partial charge in [0.05, 0.1) is 32.1 Å². The van der Waals surface area contributed by atoms with E-state index in [1.807, 2.05) is 72.9 Å². The van der Waals surface area contributed by atoms with Gasteiger partial charge in [-0.2, -0.15) is 5.10 Å². The fourth-order valence-corrected chi connectivity index (χ4v) is 3.33. The Morgan fingerprint density at radius 2 is 1.79 bits per heavy atom. The number of nitrogens with zero attached hydrogens (tertiary/aromatic N) is 3. The van der Waals surface area contributed by atoms with Crippen molar-refractivity contribution in [2.45, 2.75) is 6.54 Å². The fraction of sp³-hybridized carbons (Fsp3) is 0.115. The Hall–Kier alpha value is -4.39. The zero-order valence-electron chi connectivity index (χ0n) is 18.4. The normalized spacial score (nSPS) is 10.8. The first-order valence-corrected chi connectivity index (χ1v) is 10.4. The Labute approximate surface area is 192 Å². The topological polar surface area (TPSA) is 78.3 Å². The van der Waals surface area contributed by atoms with Gasteiger partial charge in [-0.3, -0.25) is 9.78 Å². The highest BCUT2D eigenvalue weighted by Gasteiger charge is 2.14. The van der Waals surface area contributed by atoms with E-state index in [1.54, 1.807) is 31.2 Å². The Kier molecular flexibility index (Phi) is 6.80. The van der Waals surface area contributed by atoms with Crippen LogP contribution in [0.3, 0.4) is 0 Å². The minimum atomic E-state index is -0.216. The second-order valence-corrected chi connectivity index (χ2v) is 7.16. The summed E-state index contributed by atoms with van der Waals surface area (Å²) in [5.74, 6) is 1.02. The van der Waals surface area contributed by atoms with E-state index in [9.17, 15) is 4.79 Å². The van der Waals surface area contributed by atoms with Crippen LogP contribution in [0.15, 0.2) is 85.2 Å². The zero-order chi connectivity index (χ0) is 23.0. The van der Waals surface area contributed by atoms with Crippen LogP contribution in [0.2, 0.25) is 0 Å². The van der Waals surface area contributed by atoms with E-state index in [1.165, 1.54) is 6.08 Å². The molecule has 2 heterocycles. The summed E-state index contributed by atoms with van der Waals surface area (Å²) in [4.78, 5) is 16.6. The molecule has 0 aliphatic heterocycles. The Bertz CT molecular complexity index is 1250. The third kappa shape index (κ3) is 5.27. The lowest BCUT2D eigenvalue weighted by molar-refractivity contribution is -0.116. The lowest BCUT2D eigenvalue weighted by Gasteiger charge is -2.09. The highest BCUT2D eigenvalue weighted by atomic mass is 16.5. The van der Waals surface area contributed by atoms with Crippen molar-refractivity contribution in [1.29, 1.82) is 0 Å². The van der Waals surface area contributed by atoms with Crippen molar-refractivity contribution in [3.05, 3.63) is 96.5 Å². The Morgan fingerprint density at radius 3 is 2.52 bits per heavy atom. The number of para-hydroxylation sites is 1. The van der Waals surface area contributed by atoms with Gasteiger partial charge >= 0.3 is 0 Å². The molecule has 0 fully saturated rings. The molecule has 0 aliphatic carbocycles. The first-order chi connectivity index (χ1) is 16.2. The maximum atomic E-state index is 12.4. The van der Waals surface area contributed by atoms with E-state index in [2.05, 4.69) is 10.3 Å². The predicted octanol–water partition coefficient (Wildman–Crippen LogP) is 4.28. The molecule has 33 heavy (non-hydrogen) atoms. The molecule has 0 unspecified atom stereocenters. The maximum Gasteiger partial charge on any atom is 0.244 e. The van der Waals surface area contributed by atoms with Gasteiger partial charge in [-0.15, -0.1) is 0 Å². The number of hydrogen-bond acceptors (Lipinski definition) is 5. The average molecular weight is 441 g/mol. The van der Waals surface area contributed by atoms with E-state index in [0.717, 1.165) is 22.5 Å². The number of ether oxygens (including phenoxy) is 2. The van der Waals surface area contributed by atoms with Crippen molar-refractivity contribution in [3.63, 3.8) is 0 Å². The smallest absolute Gasteiger partial charge is 0.244 e. The van der Waals surface area contributed by atoms with Gasteiger partial charge in [0.1, 0.15) is 5.69 Å². The number of rotatable bonds is 8. The largest absolute Gasteiger partial charge is 0.493 e. The average Bonchev–Trinajstić information content (AvgIpc) is 3.31. The molecular weight excluding hydrogens is 416 g/mol. The molecule has 0 saturated heterocycles. The quantitative estimate of drug-likeness (QED) is 0.414. The predicted molar refractivity (Wildman–Crippen MR) is 127 cm³/mol. The zero-order valence-corrected chi connectivity index (χ0v) is 18.4. The summed E-state index contributed by atoms with van der Waals surface area (Å²) in [5, 5.41) is 7.63. The lowest BCUT2D eigenvalue weighted by atomic mass is 10.1. The molecule has 0 atom stereocenters. The van der Waals surface area contributed by atoms with Crippen molar-refractivity contribution in [3.8, 4) is 28.4 Å². The fourth-order valence-electron chi connectivity index (χ4n) is 3.33. The highest BCUT2D eigenvalue weighted by molar-refractivity contribution is 5.92. The second kappa shape index (κ2) is 10.3. The maximum absolute atomic E-state index is 12.4. The number of aromatic nitrogens is 3. The van der Waals surface area contributed by atoms with Crippen LogP contribution in [0.1, 0.15) is 11.3 Å². The number of carbonyl (C=O) groups is 1. The number of hydrogen-bond donors (Lipinski definition) is 1. The van der Waals surface area contributed by atoms with Gasteiger partial charge in [0.2, 0.25) is 5.91 Å². The van der Waals surface area contributed by atoms with Gasteiger partial charge in [-0.25, -0.2) is 4.68 Å². The molecule has 4 aromatic rings. The van der Waals surface area contributed by atoms with Crippen LogP contribution in [-0.2, 0) is 11.3 Å². The molecule has 0 bridgehead atoms. The van der Waals surface area contributed by atoms with E-state index in [-0.39, 0.29) is 5.91 Å². The number of carbonyl (C=O) groups excluding carboxylic acids is 1. The van der Waals surface area contributed by atoms with E-state index < -0.39 is 0 Å². The number of benzene rings is 2. The molecule has 1 amide bonds. The van der Waals surface area contributed by atoms with Gasteiger partial charge < -0.3 is 14.8 Å². The van der Waals surface area contributed by atoms with Crippen molar-refractivity contribution in [1.82, 2.24) is 20.1 Å². The summed E-state index contributed by atoms with van der Waals surface area (Å²) < 4.78 is 12.6. The molecule has 0 spiro atoms. The molecule has 4 rings (SSSR count). The third-order valence-corrected chi connectivity index (χ3v) is 5.00. The SMILES string of the molecule is COc1ccc(-c2nn(-c3ccccc3)cc2/C=C/C(=O)NCc2ccccn2)cc1OC. The van der Waals surface area contributed by atoms with Crippen LogP contribution in [0.5, 0.6) is 11.5 Å². The molecule has 0 radical (unpaired) electrons. The monoisotopic (exact) mass is 440 g/mol. The summed E-state index contributed by atoms with van der Waals surface area (Å²) >= 11 is 0. The van der Waals surface area contributed by atoms with Crippen LogP contribution in [-0.4, -0.2) is 34.9 Å². The Morgan fingerprint density at radius 1 is 1.00 bits per heavy atom. The molecule has 2 aromatic carbocycles. The molecule has 166 valence electrons. The summed E-state index contributed by atoms with van der Waals surface area (Å²) in [7, 11) is 3.19. The number of amides is 1. The van der Waals surface area contributed by atoms with E-state index in [0.29, 0.717) is 23.7 Å². The molecule has 2 aromatic heterocycles. The van der Waals surface area contributed by atoms with Crippen molar-refractivity contribution in [2.75, 3.05) is 14.2 Å². The van der Waals surface area contributed by atoms with Gasteiger partial charge in [0.15, 0.2) is 11.5 Å².